The average Bonchev–Trinajstić information content (AvgIpc) is 2.92. The van der Waals surface area contributed by atoms with E-state index in [1.165, 1.54) is 10.4 Å². The van der Waals surface area contributed by atoms with Crippen molar-refractivity contribution in [1.82, 2.24) is 10.3 Å². The van der Waals surface area contributed by atoms with Crippen LogP contribution in [0.3, 0.4) is 0 Å². The van der Waals surface area contributed by atoms with Gasteiger partial charge in [-0.05, 0) is 18.5 Å². The summed E-state index contributed by atoms with van der Waals surface area (Å²) in [6.07, 6.45) is 3.01. The standard InChI is InChI=1S/C16H22N2S/c1-4-18-15(10-14-11-17-12-19-14)16(2,3)13-8-6-5-7-9-13/h5-9,11-12,15,18H,4,10H2,1-3H3. The summed E-state index contributed by atoms with van der Waals surface area (Å²) in [6, 6.07) is 11.2. The molecule has 1 aromatic heterocycles. The Balaban J connectivity index is 2.22. The molecule has 0 spiro atoms. The molecule has 2 rings (SSSR count). The lowest BCUT2D eigenvalue weighted by Gasteiger charge is -2.35. The lowest BCUT2D eigenvalue weighted by Crippen LogP contribution is -2.46. The number of benzene rings is 1. The maximum Gasteiger partial charge on any atom is 0.0794 e. The van der Waals surface area contributed by atoms with Gasteiger partial charge in [0.05, 0.1) is 5.51 Å². The normalized spacial score (nSPS) is 13.4. The van der Waals surface area contributed by atoms with Gasteiger partial charge < -0.3 is 5.32 Å². The number of rotatable bonds is 6. The maximum absolute atomic E-state index is 4.18. The molecule has 1 N–H and O–H groups in total. The quantitative estimate of drug-likeness (QED) is 0.870. The Hall–Kier alpha value is -1.19. The zero-order valence-electron chi connectivity index (χ0n) is 11.9. The molecule has 102 valence electrons. The molecule has 1 atom stereocenters. The number of thiazole rings is 1. The fourth-order valence-electron chi connectivity index (χ4n) is 2.44. The van der Waals surface area contributed by atoms with Gasteiger partial charge in [-0.25, -0.2) is 0 Å². The fourth-order valence-corrected chi connectivity index (χ4v) is 3.08. The van der Waals surface area contributed by atoms with Crippen LogP contribution in [0.1, 0.15) is 31.2 Å². The minimum absolute atomic E-state index is 0.0985. The van der Waals surface area contributed by atoms with E-state index in [1.807, 2.05) is 11.7 Å². The first-order valence-electron chi connectivity index (χ1n) is 6.81. The molecule has 0 saturated carbocycles. The summed E-state index contributed by atoms with van der Waals surface area (Å²) in [7, 11) is 0. The third kappa shape index (κ3) is 3.43. The number of hydrogen-bond acceptors (Lipinski definition) is 3. The highest BCUT2D eigenvalue weighted by atomic mass is 32.1. The topological polar surface area (TPSA) is 24.9 Å². The van der Waals surface area contributed by atoms with E-state index in [4.69, 9.17) is 0 Å². The van der Waals surface area contributed by atoms with Crippen LogP contribution in [0.15, 0.2) is 42.0 Å². The van der Waals surface area contributed by atoms with Gasteiger partial charge in [-0.15, -0.1) is 11.3 Å². The highest BCUT2D eigenvalue weighted by Gasteiger charge is 2.30. The molecule has 0 amide bonds. The molecule has 0 aliphatic heterocycles. The van der Waals surface area contributed by atoms with Crippen molar-refractivity contribution in [2.24, 2.45) is 0 Å². The van der Waals surface area contributed by atoms with Crippen LogP contribution in [0.2, 0.25) is 0 Å². The van der Waals surface area contributed by atoms with Crippen molar-refractivity contribution in [1.29, 1.82) is 0 Å². The molecular formula is C16H22N2S. The first-order valence-corrected chi connectivity index (χ1v) is 7.69. The van der Waals surface area contributed by atoms with Crippen molar-refractivity contribution in [2.75, 3.05) is 6.54 Å². The van der Waals surface area contributed by atoms with Gasteiger partial charge in [0.1, 0.15) is 0 Å². The van der Waals surface area contributed by atoms with E-state index < -0.39 is 0 Å². The number of likely N-dealkylation sites (N-methyl/N-ethyl adjacent to an activating group) is 1. The molecule has 1 unspecified atom stereocenters. The minimum Gasteiger partial charge on any atom is -0.313 e. The lowest BCUT2D eigenvalue weighted by atomic mass is 9.76. The van der Waals surface area contributed by atoms with E-state index in [0.717, 1.165) is 13.0 Å². The van der Waals surface area contributed by atoms with E-state index >= 15 is 0 Å². The highest BCUT2D eigenvalue weighted by molar-refractivity contribution is 7.09. The van der Waals surface area contributed by atoms with Crippen LogP contribution in [0, 0.1) is 0 Å². The molecule has 19 heavy (non-hydrogen) atoms. The molecule has 2 nitrogen and oxygen atoms in total. The zero-order valence-corrected chi connectivity index (χ0v) is 12.7. The van der Waals surface area contributed by atoms with Crippen molar-refractivity contribution in [3.8, 4) is 0 Å². The number of nitrogens with zero attached hydrogens (tertiary/aromatic N) is 1. The first kappa shape index (κ1) is 14.2. The second-order valence-electron chi connectivity index (χ2n) is 5.37. The van der Waals surface area contributed by atoms with Crippen molar-refractivity contribution in [2.45, 2.75) is 38.6 Å². The number of hydrogen-bond donors (Lipinski definition) is 1. The van der Waals surface area contributed by atoms with Crippen molar-refractivity contribution in [3.05, 3.63) is 52.5 Å². The Morgan fingerprint density at radius 1 is 1.26 bits per heavy atom. The zero-order chi connectivity index (χ0) is 13.7. The summed E-state index contributed by atoms with van der Waals surface area (Å²) in [5, 5.41) is 3.64. The summed E-state index contributed by atoms with van der Waals surface area (Å²) in [4.78, 5) is 5.52. The SMILES string of the molecule is CCNC(Cc1cncs1)C(C)(C)c1ccccc1. The van der Waals surface area contributed by atoms with Gasteiger partial charge in [0.15, 0.2) is 0 Å². The summed E-state index contributed by atoms with van der Waals surface area (Å²) < 4.78 is 0. The average molecular weight is 274 g/mol. The van der Waals surface area contributed by atoms with E-state index in [-0.39, 0.29) is 5.41 Å². The summed E-state index contributed by atoms with van der Waals surface area (Å²) in [6.45, 7) is 7.79. The lowest BCUT2D eigenvalue weighted by molar-refractivity contribution is 0.344. The molecule has 3 heteroatoms. The predicted molar refractivity (Wildman–Crippen MR) is 82.8 cm³/mol. The summed E-state index contributed by atoms with van der Waals surface area (Å²) in [5.74, 6) is 0. The molecule has 1 heterocycles. The Kier molecular flexibility index (Phi) is 4.72. The second kappa shape index (κ2) is 6.31. The number of nitrogens with one attached hydrogen (secondary N) is 1. The van der Waals surface area contributed by atoms with Crippen LogP contribution in [-0.4, -0.2) is 17.6 Å². The van der Waals surface area contributed by atoms with E-state index in [1.54, 1.807) is 11.3 Å². The minimum atomic E-state index is 0.0985. The van der Waals surface area contributed by atoms with Gasteiger partial charge in [0.2, 0.25) is 0 Å². The fraction of sp³-hybridized carbons (Fsp3) is 0.438. The van der Waals surface area contributed by atoms with E-state index in [2.05, 4.69) is 61.4 Å². The van der Waals surface area contributed by atoms with Crippen molar-refractivity contribution in [3.63, 3.8) is 0 Å². The van der Waals surface area contributed by atoms with Crippen LogP contribution in [0.4, 0.5) is 0 Å². The van der Waals surface area contributed by atoms with Crippen LogP contribution in [0.25, 0.3) is 0 Å². The van der Waals surface area contributed by atoms with E-state index in [0.29, 0.717) is 6.04 Å². The Morgan fingerprint density at radius 3 is 2.58 bits per heavy atom. The van der Waals surface area contributed by atoms with Gasteiger partial charge in [0.25, 0.3) is 0 Å². The summed E-state index contributed by atoms with van der Waals surface area (Å²) >= 11 is 1.74. The molecule has 0 fully saturated rings. The van der Waals surface area contributed by atoms with Crippen molar-refractivity contribution < 1.29 is 0 Å². The molecule has 0 aliphatic carbocycles. The molecule has 2 aromatic rings. The Bertz CT molecular complexity index is 477. The largest absolute Gasteiger partial charge is 0.313 e. The van der Waals surface area contributed by atoms with Gasteiger partial charge >= 0.3 is 0 Å². The molecule has 0 aliphatic rings. The van der Waals surface area contributed by atoms with E-state index in [9.17, 15) is 0 Å². The van der Waals surface area contributed by atoms with Gasteiger partial charge in [-0.2, -0.15) is 0 Å². The Labute approximate surface area is 119 Å². The molecule has 0 radical (unpaired) electrons. The van der Waals surface area contributed by atoms with Gasteiger partial charge in [0, 0.05) is 22.5 Å². The monoisotopic (exact) mass is 274 g/mol. The van der Waals surface area contributed by atoms with Gasteiger partial charge in [-0.3, -0.25) is 4.98 Å². The van der Waals surface area contributed by atoms with Crippen molar-refractivity contribution >= 4 is 11.3 Å². The second-order valence-corrected chi connectivity index (χ2v) is 6.34. The molecular weight excluding hydrogens is 252 g/mol. The molecule has 0 saturated heterocycles. The Morgan fingerprint density at radius 2 is 2.00 bits per heavy atom. The van der Waals surface area contributed by atoms with Crippen LogP contribution in [-0.2, 0) is 11.8 Å². The van der Waals surface area contributed by atoms with Crippen LogP contribution < -0.4 is 5.32 Å². The summed E-state index contributed by atoms with van der Waals surface area (Å²) in [5.41, 5.74) is 3.39. The van der Waals surface area contributed by atoms with Gasteiger partial charge in [-0.1, -0.05) is 51.1 Å². The van der Waals surface area contributed by atoms with Crippen LogP contribution in [0.5, 0.6) is 0 Å². The maximum atomic E-state index is 4.18. The smallest absolute Gasteiger partial charge is 0.0794 e. The van der Waals surface area contributed by atoms with Crippen LogP contribution >= 0.6 is 11.3 Å². The third-order valence-corrected chi connectivity index (χ3v) is 4.53. The highest BCUT2D eigenvalue weighted by Crippen LogP contribution is 2.29. The molecule has 0 bridgehead atoms. The first-order chi connectivity index (χ1) is 9.14. The molecule has 1 aromatic carbocycles. The predicted octanol–water partition coefficient (Wildman–Crippen LogP) is 3.64. The third-order valence-electron chi connectivity index (χ3n) is 3.73. The number of aromatic nitrogens is 1.